The number of amides is 1. The Kier molecular flexibility index (Phi) is 8.02. The maximum Gasteiger partial charge on any atom is 0.273 e. The summed E-state index contributed by atoms with van der Waals surface area (Å²) in [6.07, 6.45) is 2.33. The van der Waals surface area contributed by atoms with Crippen LogP contribution in [-0.4, -0.2) is 34.0 Å². The highest BCUT2D eigenvalue weighted by Gasteiger charge is 2.19. The van der Waals surface area contributed by atoms with E-state index in [1.807, 2.05) is 19.1 Å². The van der Waals surface area contributed by atoms with Crippen LogP contribution in [0.5, 0.6) is 0 Å². The minimum absolute atomic E-state index is 0. The fourth-order valence-electron chi connectivity index (χ4n) is 2.14. The first-order chi connectivity index (χ1) is 10.7. The van der Waals surface area contributed by atoms with Crippen LogP contribution in [-0.2, 0) is 6.42 Å². The summed E-state index contributed by atoms with van der Waals surface area (Å²) >= 11 is 6.03. The third-order valence-corrected chi connectivity index (χ3v) is 3.42. The number of hydrogen-bond donors (Lipinski definition) is 2. The van der Waals surface area contributed by atoms with Gasteiger partial charge in [-0.05, 0) is 37.6 Å². The highest BCUT2D eigenvalue weighted by atomic mass is 35.5. The Morgan fingerprint density at radius 1 is 1.43 bits per heavy atom. The third kappa shape index (κ3) is 4.92. The van der Waals surface area contributed by atoms with Gasteiger partial charge in [0.25, 0.3) is 5.91 Å². The maximum absolute atomic E-state index is 12.2. The summed E-state index contributed by atoms with van der Waals surface area (Å²) in [5, 5.41) is 11.6. The van der Waals surface area contributed by atoms with E-state index in [0.717, 1.165) is 24.2 Å². The zero-order valence-electron chi connectivity index (χ0n) is 13.0. The molecule has 3 N–H and O–H groups in total. The molecule has 1 amide bonds. The van der Waals surface area contributed by atoms with Crippen molar-refractivity contribution < 1.29 is 4.79 Å². The second-order valence-electron chi connectivity index (χ2n) is 4.92. The van der Waals surface area contributed by atoms with Crippen LogP contribution in [0.4, 0.5) is 0 Å². The van der Waals surface area contributed by atoms with E-state index >= 15 is 0 Å². The second kappa shape index (κ2) is 9.50. The van der Waals surface area contributed by atoms with Crippen molar-refractivity contribution in [3.05, 3.63) is 40.7 Å². The molecular formula is C15H21Cl2N5O. The van der Waals surface area contributed by atoms with Crippen LogP contribution in [0.2, 0.25) is 5.02 Å². The van der Waals surface area contributed by atoms with Crippen LogP contribution >= 0.6 is 24.0 Å². The lowest BCUT2D eigenvalue weighted by molar-refractivity contribution is 0.0947. The first kappa shape index (κ1) is 19.4. The number of carbonyl (C=O) groups is 1. The van der Waals surface area contributed by atoms with Crippen molar-refractivity contribution in [2.45, 2.75) is 26.2 Å². The van der Waals surface area contributed by atoms with Crippen LogP contribution in [0.15, 0.2) is 24.3 Å². The number of benzene rings is 1. The number of carbonyl (C=O) groups excluding carboxylic acids is 1. The van der Waals surface area contributed by atoms with Crippen molar-refractivity contribution in [1.82, 2.24) is 20.3 Å². The molecule has 1 aromatic carbocycles. The largest absolute Gasteiger partial charge is 0.351 e. The molecule has 0 spiro atoms. The standard InChI is InChI=1S/C15H20ClN5O.ClH/c1-2-5-13-14(15(22)18-9-4-8-17)19-20-21(13)12-7-3-6-11(16)10-12;/h3,6-7,10H,2,4-5,8-9,17H2,1H3,(H,18,22);1H. The molecular weight excluding hydrogens is 337 g/mol. The molecule has 2 rings (SSSR count). The van der Waals surface area contributed by atoms with Gasteiger partial charge in [-0.3, -0.25) is 4.79 Å². The van der Waals surface area contributed by atoms with Crippen LogP contribution in [0.25, 0.3) is 5.69 Å². The maximum atomic E-state index is 12.2. The molecule has 1 aromatic heterocycles. The number of nitrogens with zero attached hydrogens (tertiary/aromatic N) is 3. The van der Waals surface area contributed by atoms with E-state index in [1.54, 1.807) is 16.8 Å². The predicted molar refractivity (Wildman–Crippen MR) is 93.6 cm³/mol. The fourth-order valence-corrected chi connectivity index (χ4v) is 2.33. The van der Waals surface area contributed by atoms with Gasteiger partial charge in [0.05, 0.1) is 11.4 Å². The normalized spacial score (nSPS) is 10.2. The Bertz CT molecular complexity index is 645. The van der Waals surface area contributed by atoms with Crippen LogP contribution in [0.3, 0.4) is 0 Å². The monoisotopic (exact) mass is 357 g/mol. The molecule has 126 valence electrons. The summed E-state index contributed by atoms with van der Waals surface area (Å²) in [5.41, 5.74) is 7.37. The van der Waals surface area contributed by atoms with Gasteiger partial charge in [-0.1, -0.05) is 36.2 Å². The molecule has 8 heteroatoms. The van der Waals surface area contributed by atoms with E-state index in [9.17, 15) is 4.79 Å². The average Bonchev–Trinajstić information content (AvgIpc) is 2.91. The Balaban J connectivity index is 0.00000264. The number of nitrogens with one attached hydrogen (secondary N) is 1. The van der Waals surface area contributed by atoms with E-state index in [-0.39, 0.29) is 18.3 Å². The summed E-state index contributed by atoms with van der Waals surface area (Å²) in [4.78, 5) is 12.2. The SMILES string of the molecule is CCCc1c(C(=O)NCCCN)nnn1-c1cccc(Cl)c1.Cl. The fraction of sp³-hybridized carbons (Fsp3) is 0.400. The Hall–Kier alpha value is -1.63. The minimum atomic E-state index is -0.217. The van der Waals surface area contributed by atoms with E-state index in [0.29, 0.717) is 30.2 Å². The minimum Gasteiger partial charge on any atom is -0.351 e. The van der Waals surface area contributed by atoms with Gasteiger partial charge in [-0.2, -0.15) is 0 Å². The van der Waals surface area contributed by atoms with E-state index in [1.165, 1.54) is 0 Å². The van der Waals surface area contributed by atoms with Crippen molar-refractivity contribution in [1.29, 1.82) is 0 Å². The van der Waals surface area contributed by atoms with Gasteiger partial charge >= 0.3 is 0 Å². The molecule has 0 fully saturated rings. The Morgan fingerprint density at radius 3 is 2.87 bits per heavy atom. The van der Waals surface area contributed by atoms with Gasteiger partial charge in [0.2, 0.25) is 0 Å². The van der Waals surface area contributed by atoms with Crippen molar-refractivity contribution in [2.75, 3.05) is 13.1 Å². The summed E-state index contributed by atoms with van der Waals surface area (Å²) < 4.78 is 1.67. The van der Waals surface area contributed by atoms with Crippen molar-refractivity contribution >= 4 is 29.9 Å². The molecule has 0 aliphatic heterocycles. The van der Waals surface area contributed by atoms with Crippen LogP contribution in [0, 0.1) is 0 Å². The lowest BCUT2D eigenvalue weighted by Crippen LogP contribution is -2.27. The number of nitrogens with two attached hydrogens (primary N) is 1. The van der Waals surface area contributed by atoms with Gasteiger partial charge in [0.1, 0.15) is 0 Å². The molecule has 0 bridgehead atoms. The molecule has 0 unspecified atom stereocenters. The third-order valence-electron chi connectivity index (χ3n) is 3.18. The molecule has 0 aliphatic carbocycles. The number of hydrogen-bond acceptors (Lipinski definition) is 4. The van der Waals surface area contributed by atoms with Crippen LogP contribution < -0.4 is 11.1 Å². The quantitative estimate of drug-likeness (QED) is 0.744. The lowest BCUT2D eigenvalue weighted by atomic mass is 10.2. The zero-order chi connectivity index (χ0) is 15.9. The van der Waals surface area contributed by atoms with Crippen LogP contribution in [0.1, 0.15) is 35.9 Å². The van der Waals surface area contributed by atoms with Gasteiger partial charge < -0.3 is 11.1 Å². The van der Waals surface area contributed by atoms with E-state index in [2.05, 4.69) is 15.6 Å². The van der Waals surface area contributed by atoms with E-state index < -0.39 is 0 Å². The van der Waals surface area contributed by atoms with Gasteiger partial charge in [0, 0.05) is 11.6 Å². The molecule has 0 radical (unpaired) electrons. The molecule has 0 atom stereocenters. The average molecular weight is 358 g/mol. The van der Waals surface area contributed by atoms with Gasteiger partial charge in [0.15, 0.2) is 5.69 Å². The molecule has 0 saturated carbocycles. The summed E-state index contributed by atoms with van der Waals surface area (Å²) in [6, 6.07) is 7.32. The molecule has 2 aromatic rings. The molecule has 6 nitrogen and oxygen atoms in total. The zero-order valence-corrected chi connectivity index (χ0v) is 14.5. The lowest BCUT2D eigenvalue weighted by Gasteiger charge is -2.08. The Labute approximate surface area is 146 Å². The first-order valence-electron chi connectivity index (χ1n) is 7.36. The highest BCUT2D eigenvalue weighted by Crippen LogP contribution is 2.18. The Morgan fingerprint density at radius 2 is 2.22 bits per heavy atom. The number of halogens is 2. The number of aromatic nitrogens is 3. The molecule has 23 heavy (non-hydrogen) atoms. The topological polar surface area (TPSA) is 85.8 Å². The predicted octanol–water partition coefficient (Wildman–Crippen LogP) is 2.37. The highest BCUT2D eigenvalue weighted by molar-refractivity contribution is 6.30. The molecule has 1 heterocycles. The van der Waals surface area contributed by atoms with Crippen molar-refractivity contribution in [3.8, 4) is 5.69 Å². The van der Waals surface area contributed by atoms with Gasteiger partial charge in [-0.25, -0.2) is 4.68 Å². The smallest absolute Gasteiger partial charge is 0.273 e. The summed E-state index contributed by atoms with van der Waals surface area (Å²) in [6.45, 7) is 3.12. The summed E-state index contributed by atoms with van der Waals surface area (Å²) in [5.74, 6) is -0.217. The van der Waals surface area contributed by atoms with Gasteiger partial charge in [-0.15, -0.1) is 17.5 Å². The summed E-state index contributed by atoms with van der Waals surface area (Å²) in [7, 11) is 0. The second-order valence-corrected chi connectivity index (χ2v) is 5.36. The van der Waals surface area contributed by atoms with Crippen molar-refractivity contribution in [2.24, 2.45) is 5.73 Å². The molecule has 0 aliphatic rings. The van der Waals surface area contributed by atoms with E-state index in [4.69, 9.17) is 17.3 Å². The number of rotatable bonds is 7. The van der Waals surface area contributed by atoms with Crippen molar-refractivity contribution in [3.63, 3.8) is 0 Å². The molecule has 0 saturated heterocycles. The first-order valence-corrected chi connectivity index (χ1v) is 7.74.